The Kier molecular flexibility index (Phi) is 6.72. The van der Waals surface area contributed by atoms with Crippen LogP contribution < -0.4 is 4.90 Å². The summed E-state index contributed by atoms with van der Waals surface area (Å²) in [7, 11) is 0. The van der Waals surface area contributed by atoms with Crippen molar-refractivity contribution in [1.82, 2.24) is 0 Å². The second-order valence-electron chi connectivity index (χ2n) is 11.9. The monoisotopic (exact) mass is 399 g/mol. The highest BCUT2D eigenvalue weighted by Crippen LogP contribution is 2.45. The van der Waals surface area contributed by atoms with Crippen molar-refractivity contribution in [2.24, 2.45) is 10.8 Å². The van der Waals surface area contributed by atoms with Crippen LogP contribution >= 0.6 is 0 Å². The summed E-state index contributed by atoms with van der Waals surface area (Å²) in [6.45, 7) is 21.9. The molecule has 1 aromatic carbocycles. The molecule has 0 amide bonds. The first-order valence-electron chi connectivity index (χ1n) is 10.1. The average Bonchev–Trinajstić information content (AvgIpc) is 2.35. The molecule has 1 rings (SSSR count). The average molecular weight is 400 g/mol. The van der Waals surface area contributed by atoms with Crippen LogP contribution in [0.5, 0.6) is 0 Å². The molecule has 1 nitrogen and oxygen atoms in total. The zero-order valence-electron chi connectivity index (χ0n) is 19.7. The Morgan fingerprint density at radius 1 is 0.679 bits per heavy atom. The number of nitrogens with zero attached hydrogens (tertiary/aromatic N) is 1. The molecule has 0 aliphatic carbocycles. The van der Waals surface area contributed by atoms with Crippen molar-refractivity contribution >= 4 is 5.69 Å². The lowest BCUT2D eigenvalue weighted by Crippen LogP contribution is -2.54. The molecule has 0 aromatic heterocycles. The second-order valence-corrected chi connectivity index (χ2v) is 11.9. The fourth-order valence-corrected chi connectivity index (χ4v) is 4.04. The predicted octanol–water partition coefficient (Wildman–Crippen LogP) is 7.81. The van der Waals surface area contributed by atoms with Crippen molar-refractivity contribution < 1.29 is 13.2 Å². The van der Waals surface area contributed by atoms with E-state index in [9.17, 15) is 13.2 Å². The van der Waals surface area contributed by atoms with Crippen LogP contribution in [0.2, 0.25) is 0 Å². The van der Waals surface area contributed by atoms with Gasteiger partial charge >= 0.3 is 6.18 Å². The van der Waals surface area contributed by atoms with Crippen LogP contribution in [0.15, 0.2) is 18.2 Å². The van der Waals surface area contributed by atoms with E-state index in [4.69, 9.17) is 0 Å². The smallest absolute Gasteiger partial charge is 0.361 e. The third kappa shape index (κ3) is 6.15. The first-order valence-corrected chi connectivity index (χ1v) is 10.1. The van der Waals surface area contributed by atoms with Crippen LogP contribution in [0, 0.1) is 10.8 Å². The maximum absolute atomic E-state index is 13.7. The zero-order chi connectivity index (χ0) is 22.3. The largest absolute Gasteiger partial charge is 0.394 e. The molecule has 0 N–H and O–H groups in total. The maximum atomic E-state index is 13.7. The summed E-state index contributed by atoms with van der Waals surface area (Å²) < 4.78 is 41.0. The number of halogens is 3. The van der Waals surface area contributed by atoms with Gasteiger partial charge in [0.05, 0.1) is 5.41 Å². The van der Waals surface area contributed by atoms with Gasteiger partial charge in [0.25, 0.3) is 0 Å². The van der Waals surface area contributed by atoms with E-state index in [-0.39, 0.29) is 22.9 Å². The number of rotatable bonds is 4. The molecule has 0 radical (unpaired) electrons. The molecule has 1 aromatic rings. The topological polar surface area (TPSA) is 3.24 Å². The van der Waals surface area contributed by atoms with Crippen molar-refractivity contribution in [1.29, 1.82) is 0 Å². The van der Waals surface area contributed by atoms with Crippen LogP contribution in [-0.4, -0.2) is 17.3 Å². The summed E-state index contributed by atoms with van der Waals surface area (Å²) in [4.78, 5) is 2.31. The van der Waals surface area contributed by atoms with Gasteiger partial charge in [-0.25, -0.2) is 0 Å². The first kappa shape index (κ1) is 24.8. The molecule has 0 heterocycles. The maximum Gasteiger partial charge on any atom is 0.394 e. The second kappa shape index (κ2) is 7.57. The van der Waals surface area contributed by atoms with E-state index < -0.39 is 11.6 Å². The summed E-state index contributed by atoms with van der Waals surface area (Å²) in [5, 5.41) is 0. The third-order valence-corrected chi connectivity index (χ3v) is 4.89. The Balaban J connectivity index is 3.77. The minimum atomic E-state index is -4.25. The Hall–Kier alpha value is -1.19. The van der Waals surface area contributed by atoms with Gasteiger partial charge in [0.15, 0.2) is 0 Å². The summed E-state index contributed by atoms with van der Waals surface area (Å²) in [6, 6.07) is 5.87. The van der Waals surface area contributed by atoms with Gasteiger partial charge in [-0.1, -0.05) is 52.8 Å². The molecule has 0 saturated heterocycles. The van der Waals surface area contributed by atoms with E-state index >= 15 is 0 Å². The highest BCUT2D eigenvalue weighted by molar-refractivity contribution is 5.63. The standard InChI is InChI=1S/C24H40F3N/c1-20(2,3)15-17-13-12-14-18(16-23(10,11)24(25,26)27)19(17)28(21(4,5)6)22(7,8)9/h12-14H,15-16H2,1-11H3. The van der Waals surface area contributed by atoms with E-state index in [0.29, 0.717) is 0 Å². The van der Waals surface area contributed by atoms with Crippen molar-refractivity contribution in [2.45, 2.75) is 106 Å². The van der Waals surface area contributed by atoms with Crippen LogP contribution in [-0.2, 0) is 12.8 Å². The Morgan fingerprint density at radius 2 is 1.07 bits per heavy atom. The van der Waals surface area contributed by atoms with Crippen LogP contribution in [0.1, 0.15) is 87.3 Å². The number of anilines is 1. The molecule has 0 saturated carbocycles. The summed E-state index contributed by atoms with van der Waals surface area (Å²) in [6.07, 6.45) is -3.48. The van der Waals surface area contributed by atoms with E-state index in [1.54, 1.807) is 0 Å². The van der Waals surface area contributed by atoms with Gasteiger partial charge in [0, 0.05) is 16.8 Å². The van der Waals surface area contributed by atoms with E-state index in [2.05, 4.69) is 73.3 Å². The predicted molar refractivity (Wildman–Crippen MR) is 115 cm³/mol. The van der Waals surface area contributed by atoms with Crippen molar-refractivity contribution in [2.75, 3.05) is 4.90 Å². The van der Waals surface area contributed by atoms with Crippen LogP contribution in [0.3, 0.4) is 0 Å². The fraction of sp³-hybridized carbons (Fsp3) is 0.750. The molecule has 0 aliphatic rings. The van der Waals surface area contributed by atoms with E-state index in [1.807, 2.05) is 12.1 Å². The van der Waals surface area contributed by atoms with Gasteiger partial charge in [0.1, 0.15) is 0 Å². The molecule has 0 fully saturated rings. The van der Waals surface area contributed by atoms with Crippen molar-refractivity contribution in [3.8, 4) is 0 Å². The number of benzene rings is 1. The normalized spacial score (nSPS) is 14.4. The molecular formula is C24H40F3N. The molecule has 0 aliphatic heterocycles. The molecule has 28 heavy (non-hydrogen) atoms. The van der Waals surface area contributed by atoms with Gasteiger partial charge < -0.3 is 4.90 Å². The number of hydrogen-bond donors (Lipinski definition) is 0. The Bertz CT molecular complexity index is 651. The van der Waals surface area contributed by atoms with Gasteiger partial charge in [-0.05, 0) is 70.9 Å². The minimum absolute atomic E-state index is 0.0352. The fourth-order valence-electron chi connectivity index (χ4n) is 4.04. The highest BCUT2D eigenvalue weighted by atomic mass is 19.4. The molecule has 162 valence electrons. The number of alkyl halides is 3. The number of para-hydroxylation sites is 1. The number of hydrogen-bond acceptors (Lipinski definition) is 1. The summed E-state index contributed by atoms with van der Waals surface area (Å²) in [5.41, 5.74) is 0.640. The lowest BCUT2D eigenvalue weighted by molar-refractivity contribution is -0.211. The van der Waals surface area contributed by atoms with Crippen LogP contribution in [0.25, 0.3) is 0 Å². The van der Waals surface area contributed by atoms with Gasteiger partial charge in [-0.3, -0.25) is 0 Å². The summed E-state index contributed by atoms with van der Waals surface area (Å²) >= 11 is 0. The van der Waals surface area contributed by atoms with E-state index in [0.717, 1.165) is 23.2 Å². The highest BCUT2D eigenvalue weighted by Gasteiger charge is 2.48. The third-order valence-electron chi connectivity index (χ3n) is 4.89. The molecule has 0 spiro atoms. The van der Waals surface area contributed by atoms with Crippen molar-refractivity contribution in [3.63, 3.8) is 0 Å². The lowest BCUT2D eigenvalue weighted by atomic mass is 9.80. The molecular weight excluding hydrogens is 359 g/mol. The van der Waals surface area contributed by atoms with Gasteiger partial charge in [0.2, 0.25) is 0 Å². The first-order chi connectivity index (χ1) is 12.2. The lowest BCUT2D eigenvalue weighted by Gasteiger charge is -2.49. The molecule has 4 heteroatoms. The van der Waals surface area contributed by atoms with Crippen LogP contribution in [0.4, 0.5) is 18.9 Å². The SMILES string of the molecule is CC(C)(C)Cc1cccc(CC(C)(C)C(F)(F)F)c1N(C(C)(C)C)C(C)(C)C. The zero-order valence-corrected chi connectivity index (χ0v) is 19.7. The Morgan fingerprint density at radius 3 is 1.39 bits per heavy atom. The van der Waals surface area contributed by atoms with Crippen molar-refractivity contribution in [3.05, 3.63) is 29.3 Å². The Labute approximate surface area is 170 Å². The molecule has 0 atom stereocenters. The van der Waals surface area contributed by atoms with Gasteiger partial charge in [-0.2, -0.15) is 13.2 Å². The molecule has 0 bridgehead atoms. The summed E-state index contributed by atoms with van der Waals surface area (Å²) in [5.74, 6) is 0. The van der Waals surface area contributed by atoms with Gasteiger partial charge in [-0.15, -0.1) is 0 Å². The van der Waals surface area contributed by atoms with E-state index in [1.165, 1.54) is 13.8 Å². The minimum Gasteiger partial charge on any atom is -0.361 e. The quantitative estimate of drug-likeness (QED) is 0.499. The molecule has 0 unspecified atom stereocenters.